The average Bonchev–Trinajstić information content (AvgIpc) is 2.68. The number of allylic oxidation sites excluding steroid dienone is 2. The van der Waals surface area contributed by atoms with Gasteiger partial charge in [0.2, 0.25) is 0 Å². The van der Waals surface area contributed by atoms with Gasteiger partial charge in [-0.15, -0.1) is 0 Å². The molecule has 1 aliphatic heterocycles. The number of pyridine rings is 1. The topological polar surface area (TPSA) is 42.1 Å². The smallest absolute Gasteiger partial charge is 0.123 e. The van der Waals surface area contributed by atoms with Gasteiger partial charge in [-0.2, -0.15) is 0 Å². The molecule has 0 saturated carbocycles. The van der Waals surface area contributed by atoms with Crippen LogP contribution in [-0.2, 0) is 0 Å². The van der Waals surface area contributed by atoms with Gasteiger partial charge in [0.1, 0.15) is 5.82 Å². The van der Waals surface area contributed by atoms with E-state index in [-0.39, 0.29) is 0 Å². The standard InChI is InChI=1S/C12H17N3/c1-2-4-10-5-3-8-15(10)11-6-7-12(13)14-9-11/h4,6-7,9H,2-3,5,8H2,1H3,(H2,13,14). The van der Waals surface area contributed by atoms with E-state index < -0.39 is 0 Å². The summed E-state index contributed by atoms with van der Waals surface area (Å²) < 4.78 is 0. The summed E-state index contributed by atoms with van der Waals surface area (Å²) in [6.45, 7) is 3.27. The van der Waals surface area contributed by atoms with E-state index in [1.165, 1.54) is 18.5 Å². The second-order valence-corrected chi connectivity index (χ2v) is 3.80. The lowest BCUT2D eigenvalue weighted by Gasteiger charge is -2.19. The minimum Gasteiger partial charge on any atom is -0.384 e. The van der Waals surface area contributed by atoms with Gasteiger partial charge >= 0.3 is 0 Å². The predicted molar refractivity (Wildman–Crippen MR) is 63.6 cm³/mol. The predicted octanol–water partition coefficient (Wildman–Crippen LogP) is 2.56. The molecule has 0 radical (unpaired) electrons. The lowest BCUT2D eigenvalue weighted by Crippen LogP contribution is -2.16. The maximum absolute atomic E-state index is 5.57. The van der Waals surface area contributed by atoms with E-state index in [9.17, 15) is 0 Å². The molecule has 15 heavy (non-hydrogen) atoms. The van der Waals surface area contributed by atoms with Gasteiger partial charge in [0.05, 0.1) is 11.9 Å². The molecule has 0 unspecified atom stereocenters. The molecule has 1 saturated heterocycles. The highest BCUT2D eigenvalue weighted by Crippen LogP contribution is 2.28. The van der Waals surface area contributed by atoms with Crippen LogP contribution in [0, 0.1) is 0 Å². The van der Waals surface area contributed by atoms with E-state index >= 15 is 0 Å². The number of nitrogen functional groups attached to an aromatic ring is 1. The molecule has 0 aromatic carbocycles. The monoisotopic (exact) mass is 203 g/mol. The molecule has 0 amide bonds. The maximum Gasteiger partial charge on any atom is 0.123 e. The van der Waals surface area contributed by atoms with Crippen molar-refractivity contribution in [2.75, 3.05) is 17.2 Å². The largest absolute Gasteiger partial charge is 0.384 e. The fourth-order valence-corrected chi connectivity index (χ4v) is 2.00. The molecule has 3 nitrogen and oxygen atoms in total. The normalized spacial score (nSPS) is 18.7. The van der Waals surface area contributed by atoms with Crippen molar-refractivity contribution in [3.63, 3.8) is 0 Å². The van der Waals surface area contributed by atoms with Crippen LogP contribution in [0.2, 0.25) is 0 Å². The number of hydrogen-bond acceptors (Lipinski definition) is 3. The fraction of sp³-hybridized carbons (Fsp3) is 0.417. The van der Waals surface area contributed by atoms with E-state index in [2.05, 4.69) is 22.9 Å². The van der Waals surface area contributed by atoms with Crippen LogP contribution in [0.4, 0.5) is 11.5 Å². The maximum atomic E-state index is 5.57. The van der Waals surface area contributed by atoms with Gasteiger partial charge in [-0.1, -0.05) is 13.0 Å². The molecule has 0 bridgehead atoms. The zero-order valence-electron chi connectivity index (χ0n) is 9.11. The van der Waals surface area contributed by atoms with Gasteiger partial charge in [-0.25, -0.2) is 4.98 Å². The van der Waals surface area contributed by atoms with Crippen molar-refractivity contribution in [2.45, 2.75) is 26.2 Å². The highest BCUT2D eigenvalue weighted by atomic mass is 15.2. The van der Waals surface area contributed by atoms with Crippen molar-refractivity contribution in [3.05, 3.63) is 30.1 Å². The second-order valence-electron chi connectivity index (χ2n) is 3.80. The van der Waals surface area contributed by atoms with Crippen LogP contribution in [0.25, 0.3) is 0 Å². The Morgan fingerprint density at radius 3 is 3.07 bits per heavy atom. The van der Waals surface area contributed by atoms with Crippen molar-refractivity contribution < 1.29 is 0 Å². The van der Waals surface area contributed by atoms with Gasteiger partial charge in [-0.3, -0.25) is 0 Å². The third-order valence-corrected chi connectivity index (χ3v) is 2.68. The summed E-state index contributed by atoms with van der Waals surface area (Å²) in [5.41, 5.74) is 8.15. The number of nitrogens with two attached hydrogens (primary N) is 1. The Morgan fingerprint density at radius 1 is 1.53 bits per heavy atom. The van der Waals surface area contributed by atoms with Crippen LogP contribution >= 0.6 is 0 Å². The summed E-state index contributed by atoms with van der Waals surface area (Å²) in [4.78, 5) is 6.46. The van der Waals surface area contributed by atoms with Gasteiger partial charge in [0, 0.05) is 12.2 Å². The molecule has 1 aromatic rings. The van der Waals surface area contributed by atoms with Crippen molar-refractivity contribution >= 4 is 11.5 Å². The molecule has 0 atom stereocenters. The van der Waals surface area contributed by atoms with E-state index in [1.54, 1.807) is 0 Å². The highest BCUT2D eigenvalue weighted by Gasteiger charge is 2.17. The quantitative estimate of drug-likeness (QED) is 0.803. The Hall–Kier alpha value is -1.51. The Morgan fingerprint density at radius 2 is 2.40 bits per heavy atom. The molecule has 0 aliphatic carbocycles. The SMILES string of the molecule is CCC=C1CCCN1c1ccc(N)nc1. The van der Waals surface area contributed by atoms with E-state index in [0.717, 1.165) is 18.7 Å². The average molecular weight is 203 g/mol. The van der Waals surface area contributed by atoms with Crippen LogP contribution in [0.15, 0.2) is 30.1 Å². The summed E-state index contributed by atoms with van der Waals surface area (Å²) in [6.07, 6.45) is 7.65. The van der Waals surface area contributed by atoms with E-state index in [1.807, 2.05) is 18.3 Å². The molecule has 3 heteroatoms. The zero-order chi connectivity index (χ0) is 10.7. The second kappa shape index (κ2) is 4.34. The molecule has 1 aliphatic rings. The van der Waals surface area contributed by atoms with Crippen molar-refractivity contribution in [1.29, 1.82) is 0 Å². The first kappa shape index (κ1) is 10.0. The Balaban J connectivity index is 2.23. The summed E-state index contributed by atoms with van der Waals surface area (Å²) in [5, 5.41) is 0. The minimum absolute atomic E-state index is 0.582. The molecule has 2 heterocycles. The molecule has 2 rings (SSSR count). The molecular weight excluding hydrogens is 186 g/mol. The molecule has 1 aromatic heterocycles. The molecule has 80 valence electrons. The first-order valence-corrected chi connectivity index (χ1v) is 5.49. The van der Waals surface area contributed by atoms with Gasteiger partial charge < -0.3 is 10.6 Å². The number of nitrogens with zero attached hydrogens (tertiary/aromatic N) is 2. The van der Waals surface area contributed by atoms with Gasteiger partial charge in [0.15, 0.2) is 0 Å². The summed E-state index contributed by atoms with van der Waals surface area (Å²) in [5.74, 6) is 0.582. The third kappa shape index (κ3) is 2.12. The van der Waals surface area contributed by atoms with Crippen LogP contribution in [-0.4, -0.2) is 11.5 Å². The Labute approximate surface area is 90.6 Å². The number of anilines is 2. The molecule has 2 N–H and O–H groups in total. The van der Waals surface area contributed by atoms with E-state index in [0.29, 0.717) is 5.82 Å². The minimum atomic E-state index is 0.582. The van der Waals surface area contributed by atoms with Gasteiger partial charge in [0.25, 0.3) is 0 Å². The number of aromatic nitrogens is 1. The number of hydrogen-bond donors (Lipinski definition) is 1. The first-order chi connectivity index (χ1) is 7.31. The zero-order valence-corrected chi connectivity index (χ0v) is 9.11. The summed E-state index contributed by atoms with van der Waals surface area (Å²) >= 11 is 0. The fourth-order valence-electron chi connectivity index (χ4n) is 2.00. The number of rotatable bonds is 2. The summed E-state index contributed by atoms with van der Waals surface area (Å²) in [6, 6.07) is 3.90. The first-order valence-electron chi connectivity index (χ1n) is 5.49. The highest BCUT2D eigenvalue weighted by molar-refractivity contribution is 5.54. The lowest BCUT2D eigenvalue weighted by molar-refractivity contribution is 0.954. The Kier molecular flexibility index (Phi) is 2.90. The van der Waals surface area contributed by atoms with Gasteiger partial charge in [-0.05, 0) is 31.4 Å². The molecule has 0 spiro atoms. The Bertz CT molecular complexity index is 354. The van der Waals surface area contributed by atoms with Crippen LogP contribution in [0.1, 0.15) is 26.2 Å². The van der Waals surface area contributed by atoms with Crippen molar-refractivity contribution in [1.82, 2.24) is 4.98 Å². The van der Waals surface area contributed by atoms with Crippen LogP contribution < -0.4 is 10.6 Å². The van der Waals surface area contributed by atoms with Crippen molar-refractivity contribution in [2.24, 2.45) is 0 Å². The summed E-state index contributed by atoms with van der Waals surface area (Å²) in [7, 11) is 0. The third-order valence-electron chi connectivity index (χ3n) is 2.68. The van der Waals surface area contributed by atoms with Crippen molar-refractivity contribution in [3.8, 4) is 0 Å². The van der Waals surface area contributed by atoms with Crippen LogP contribution in [0.3, 0.4) is 0 Å². The molecule has 1 fully saturated rings. The lowest BCUT2D eigenvalue weighted by atomic mass is 10.2. The van der Waals surface area contributed by atoms with Crippen LogP contribution in [0.5, 0.6) is 0 Å². The van der Waals surface area contributed by atoms with E-state index in [4.69, 9.17) is 5.73 Å². The molecular formula is C12H17N3.